The van der Waals surface area contributed by atoms with E-state index < -0.39 is 11.9 Å². The zero-order valence-corrected chi connectivity index (χ0v) is 12.3. The number of rotatable bonds is 4. The van der Waals surface area contributed by atoms with Gasteiger partial charge in [0.05, 0.1) is 25.9 Å². The molecule has 3 rings (SSSR count). The van der Waals surface area contributed by atoms with E-state index in [2.05, 4.69) is 25.3 Å². The molecule has 9 nitrogen and oxygen atoms in total. The summed E-state index contributed by atoms with van der Waals surface area (Å²) in [5.74, 6) is 1.08. The van der Waals surface area contributed by atoms with Crippen molar-refractivity contribution in [3.05, 3.63) is 24.7 Å². The maximum absolute atomic E-state index is 9.75. The topological polar surface area (TPSA) is 123 Å². The highest BCUT2D eigenvalue weighted by atomic mass is 16.5. The quantitative estimate of drug-likeness (QED) is 0.658. The summed E-state index contributed by atoms with van der Waals surface area (Å²) in [6.45, 7) is 0. The van der Waals surface area contributed by atoms with E-state index in [0.29, 0.717) is 28.2 Å². The Morgan fingerprint density at radius 3 is 2.43 bits per heavy atom. The average molecular weight is 315 g/mol. The normalized spacial score (nSPS) is 10.5. The minimum absolute atomic E-state index is 0.192. The first kappa shape index (κ1) is 14.6. The number of aromatic hydroxyl groups is 2. The maximum Gasteiger partial charge on any atom is 0.317 e. The van der Waals surface area contributed by atoms with Gasteiger partial charge in [0.15, 0.2) is 11.5 Å². The molecule has 2 heterocycles. The lowest BCUT2D eigenvalue weighted by molar-refractivity contribution is 0.356. The molecule has 3 N–H and O–H groups in total. The van der Waals surface area contributed by atoms with Gasteiger partial charge in [0.25, 0.3) is 0 Å². The molecule has 0 unspecified atom stereocenters. The van der Waals surface area contributed by atoms with Crippen molar-refractivity contribution >= 4 is 22.4 Å². The minimum Gasteiger partial charge on any atom is -0.493 e. The SMILES string of the molecule is COc1cc2ncnc(Nc3cnc(O)nc3O)c2cc1OC. The zero-order chi connectivity index (χ0) is 16.4. The van der Waals surface area contributed by atoms with Crippen LogP contribution in [-0.2, 0) is 0 Å². The van der Waals surface area contributed by atoms with Crippen LogP contribution < -0.4 is 14.8 Å². The van der Waals surface area contributed by atoms with Crippen molar-refractivity contribution in [1.29, 1.82) is 0 Å². The van der Waals surface area contributed by atoms with Gasteiger partial charge in [-0.15, -0.1) is 0 Å². The average Bonchev–Trinajstić information content (AvgIpc) is 2.56. The van der Waals surface area contributed by atoms with Crippen LogP contribution in [-0.4, -0.2) is 44.4 Å². The van der Waals surface area contributed by atoms with Crippen molar-refractivity contribution in [2.75, 3.05) is 19.5 Å². The number of anilines is 2. The van der Waals surface area contributed by atoms with Crippen LogP contribution in [0.3, 0.4) is 0 Å². The number of nitrogens with one attached hydrogen (secondary N) is 1. The van der Waals surface area contributed by atoms with Crippen LogP contribution >= 0.6 is 0 Å². The van der Waals surface area contributed by atoms with E-state index in [0.717, 1.165) is 0 Å². The molecule has 0 saturated carbocycles. The Balaban J connectivity index is 2.10. The van der Waals surface area contributed by atoms with Crippen LogP contribution in [0.25, 0.3) is 10.9 Å². The second-order valence-corrected chi connectivity index (χ2v) is 4.48. The predicted octanol–water partition coefficient (Wildman–Crippen LogP) is 1.59. The van der Waals surface area contributed by atoms with Gasteiger partial charge < -0.3 is 25.0 Å². The summed E-state index contributed by atoms with van der Waals surface area (Å²) in [5.41, 5.74) is 0.817. The second kappa shape index (κ2) is 5.79. The highest BCUT2D eigenvalue weighted by Crippen LogP contribution is 2.35. The molecule has 118 valence electrons. The Labute approximate surface area is 130 Å². The van der Waals surface area contributed by atoms with Gasteiger partial charge in [-0.1, -0.05) is 0 Å². The molecule has 0 aliphatic heterocycles. The van der Waals surface area contributed by atoms with E-state index in [9.17, 15) is 5.11 Å². The number of nitrogens with zero attached hydrogens (tertiary/aromatic N) is 4. The molecule has 1 aromatic carbocycles. The Kier molecular flexibility index (Phi) is 3.67. The number of ether oxygens (including phenoxy) is 2. The van der Waals surface area contributed by atoms with E-state index in [1.165, 1.54) is 26.7 Å². The Morgan fingerprint density at radius 1 is 1.00 bits per heavy atom. The van der Waals surface area contributed by atoms with Crippen LogP contribution in [0, 0.1) is 0 Å². The maximum atomic E-state index is 9.75. The molecule has 0 bridgehead atoms. The first-order valence-corrected chi connectivity index (χ1v) is 6.51. The van der Waals surface area contributed by atoms with Gasteiger partial charge in [0.1, 0.15) is 17.8 Å². The summed E-state index contributed by atoms with van der Waals surface area (Å²) in [4.78, 5) is 15.4. The Bertz CT molecular complexity index is 871. The smallest absolute Gasteiger partial charge is 0.317 e. The Hall–Kier alpha value is -3.36. The molecule has 0 fully saturated rings. The van der Waals surface area contributed by atoms with Gasteiger partial charge >= 0.3 is 6.01 Å². The lowest BCUT2D eigenvalue weighted by Gasteiger charge is -2.12. The van der Waals surface area contributed by atoms with Crippen LogP contribution in [0.2, 0.25) is 0 Å². The van der Waals surface area contributed by atoms with Gasteiger partial charge in [0.2, 0.25) is 5.88 Å². The first-order valence-electron chi connectivity index (χ1n) is 6.51. The summed E-state index contributed by atoms with van der Waals surface area (Å²) >= 11 is 0. The van der Waals surface area contributed by atoms with Gasteiger partial charge in [-0.2, -0.15) is 4.98 Å². The molecule has 9 heteroatoms. The monoisotopic (exact) mass is 315 g/mol. The summed E-state index contributed by atoms with van der Waals surface area (Å²) in [7, 11) is 3.07. The molecule has 0 spiro atoms. The largest absolute Gasteiger partial charge is 0.493 e. The third-order valence-corrected chi connectivity index (χ3v) is 3.15. The molecular formula is C14H13N5O4. The van der Waals surface area contributed by atoms with Gasteiger partial charge in [-0.25, -0.2) is 15.0 Å². The third kappa shape index (κ3) is 2.71. The zero-order valence-electron chi connectivity index (χ0n) is 12.3. The fourth-order valence-electron chi connectivity index (χ4n) is 2.06. The highest BCUT2D eigenvalue weighted by Gasteiger charge is 2.13. The van der Waals surface area contributed by atoms with E-state index in [1.54, 1.807) is 12.1 Å². The molecule has 23 heavy (non-hydrogen) atoms. The fraction of sp³-hybridized carbons (Fsp3) is 0.143. The molecular weight excluding hydrogens is 302 g/mol. The van der Waals surface area contributed by atoms with Crippen LogP contribution in [0.5, 0.6) is 23.4 Å². The van der Waals surface area contributed by atoms with E-state index in [-0.39, 0.29) is 5.69 Å². The predicted molar refractivity (Wildman–Crippen MR) is 81.3 cm³/mol. The van der Waals surface area contributed by atoms with Crippen molar-refractivity contribution in [1.82, 2.24) is 19.9 Å². The molecule has 0 aliphatic carbocycles. The molecule has 2 aromatic heterocycles. The number of hydrogen-bond donors (Lipinski definition) is 3. The number of fused-ring (bicyclic) bond motifs is 1. The van der Waals surface area contributed by atoms with E-state index >= 15 is 0 Å². The number of methoxy groups -OCH3 is 2. The van der Waals surface area contributed by atoms with Crippen molar-refractivity contribution in [2.45, 2.75) is 0 Å². The van der Waals surface area contributed by atoms with Crippen LogP contribution in [0.1, 0.15) is 0 Å². The van der Waals surface area contributed by atoms with E-state index in [4.69, 9.17) is 14.6 Å². The molecule has 0 saturated heterocycles. The molecule has 0 aliphatic rings. The molecule has 3 aromatic rings. The van der Waals surface area contributed by atoms with Gasteiger partial charge in [-0.3, -0.25) is 0 Å². The summed E-state index contributed by atoms with van der Waals surface area (Å²) in [5, 5.41) is 22.4. The van der Waals surface area contributed by atoms with Crippen molar-refractivity contribution in [3.8, 4) is 23.4 Å². The summed E-state index contributed by atoms with van der Waals surface area (Å²) < 4.78 is 10.5. The van der Waals surface area contributed by atoms with Crippen molar-refractivity contribution < 1.29 is 19.7 Å². The van der Waals surface area contributed by atoms with Gasteiger partial charge in [0, 0.05) is 11.5 Å². The van der Waals surface area contributed by atoms with Gasteiger partial charge in [-0.05, 0) is 6.07 Å². The highest BCUT2D eigenvalue weighted by molar-refractivity contribution is 5.93. The first-order chi connectivity index (χ1) is 11.1. The number of benzene rings is 1. The minimum atomic E-state index is -0.521. The molecule has 0 amide bonds. The molecule has 0 atom stereocenters. The fourth-order valence-corrected chi connectivity index (χ4v) is 2.06. The van der Waals surface area contributed by atoms with Crippen LogP contribution in [0.15, 0.2) is 24.7 Å². The van der Waals surface area contributed by atoms with E-state index in [1.807, 2.05) is 0 Å². The standard InChI is InChI=1S/C14H13N5O4/c1-22-10-3-7-8(4-11(10)23-2)16-6-17-12(7)18-9-5-15-14(21)19-13(9)20/h3-6H,1-2H3,(H,16,17,18)(H2,15,19,20,21). The van der Waals surface area contributed by atoms with Crippen molar-refractivity contribution in [3.63, 3.8) is 0 Å². The Morgan fingerprint density at radius 2 is 1.74 bits per heavy atom. The second-order valence-electron chi connectivity index (χ2n) is 4.48. The van der Waals surface area contributed by atoms with Crippen molar-refractivity contribution in [2.24, 2.45) is 0 Å². The third-order valence-electron chi connectivity index (χ3n) is 3.15. The summed E-state index contributed by atoms with van der Waals surface area (Å²) in [6.07, 6.45) is 2.61. The van der Waals surface area contributed by atoms with Crippen LogP contribution in [0.4, 0.5) is 11.5 Å². The summed E-state index contributed by atoms with van der Waals surface area (Å²) in [6, 6.07) is 2.91. The lowest BCUT2D eigenvalue weighted by Crippen LogP contribution is -1.99. The lowest BCUT2D eigenvalue weighted by atomic mass is 10.2. The number of hydrogen-bond acceptors (Lipinski definition) is 9. The molecule has 0 radical (unpaired) electrons. The number of aromatic nitrogens is 4.